The van der Waals surface area contributed by atoms with Gasteiger partial charge in [-0.25, -0.2) is 0 Å². The molecule has 0 heterocycles. The number of hydrogen-bond acceptors (Lipinski definition) is 5. The highest BCUT2D eigenvalue weighted by Gasteiger charge is 2.14. The van der Waals surface area contributed by atoms with Crippen molar-refractivity contribution in [1.82, 2.24) is 10.9 Å². The van der Waals surface area contributed by atoms with E-state index in [1.165, 1.54) is 0 Å². The lowest BCUT2D eigenvalue weighted by Crippen LogP contribution is -2.42. The third-order valence-corrected chi connectivity index (χ3v) is 4.05. The van der Waals surface area contributed by atoms with Crippen molar-refractivity contribution in [2.24, 2.45) is 0 Å². The van der Waals surface area contributed by atoms with Gasteiger partial charge in [0.2, 0.25) is 11.8 Å². The molecule has 0 atom stereocenters. The Morgan fingerprint density at radius 1 is 0.897 bits per heavy atom. The number of amides is 3. The molecule has 0 fully saturated rings. The van der Waals surface area contributed by atoms with Crippen molar-refractivity contribution in [3.63, 3.8) is 0 Å². The zero-order valence-corrected chi connectivity index (χ0v) is 16.6. The monoisotopic (exact) mass is 419 g/mol. The molecule has 8 nitrogen and oxygen atoms in total. The van der Waals surface area contributed by atoms with Crippen LogP contribution in [0.25, 0.3) is 0 Å². The Morgan fingerprint density at radius 3 is 2.34 bits per heavy atom. The van der Waals surface area contributed by atoms with Gasteiger partial charge in [0.1, 0.15) is 12.4 Å². The van der Waals surface area contributed by atoms with Gasteiger partial charge in [-0.1, -0.05) is 35.9 Å². The molecule has 154 valence electrons. The standard InChI is InChI=1S/C20H22ClN3O5/c1-28-12-13-29-17-9-5-2-6-14(17)20(27)24-23-19(26)11-10-18(25)22-16-8-4-3-7-15(16)21/h2-9H,10-13H2,1H3,(H,22,25)(H,23,26)(H,24,27). The van der Waals surface area contributed by atoms with Gasteiger partial charge in [-0.2, -0.15) is 0 Å². The van der Waals surface area contributed by atoms with E-state index in [1.807, 2.05) is 0 Å². The number of carbonyl (C=O) groups is 3. The maximum absolute atomic E-state index is 12.3. The Labute approximate surface area is 173 Å². The van der Waals surface area contributed by atoms with Crippen molar-refractivity contribution in [3.05, 3.63) is 59.1 Å². The fraction of sp³-hybridized carbons (Fsp3) is 0.250. The van der Waals surface area contributed by atoms with Crippen molar-refractivity contribution in [3.8, 4) is 5.75 Å². The Kier molecular flexibility index (Phi) is 8.94. The second-order valence-corrected chi connectivity index (χ2v) is 6.27. The maximum atomic E-state index is 12.3. The lowest BCUT2D eigenvalue weighted by Gasteiger charge is -2.12. The van der Waals surface area contributed by atoms with Crippen molar-refractivity contribution < 1.29 is 23.9 Å². The van der Waals surface area contributed by atoms with E-state index in [1.54, 1.807) is 55.6 Å². The molecule has 0 aromatic heterocycles. The summed E-state index contributed by atoms with van der Waals surface area (Å²) in [4.78, 5) is 36.1. The van der Waals surface area contributed by atoms with Crippen LogP contribution >= 0.6 is 11.6 Å². The second-order valence-electron chi connectivity index (χ2n) is 5.87. The molecule has 0 radical (unpaired) electrons. The molecule has 0 spiro atoms. The second kappa shape index (κ2) is 11.7. The number of para-hydroxylation sites is 2. The van der Waals surface area contributed by atoms with Crippen LogP contribution in [0.3, 0.4) is 0 Å². The highest BCUT2D eigenvalue weighted by molar-refractivity contribution is 6.33. The first-order chi connectivity index (χ1) is 14.0. The van der Waals surface area contributed by atoms with E-state index in [4.69, 9.17) is 21.1 Å². The van der Waals surface area contributed by atoms with E-state index in [0.717, 1.165) is 0 Å². The predicted octanol–water partition coefficient (Wildman–Crippen LogP) is 2.55. The Balaban J connectivity index is 1.78. The van der Waals surface area contributed by atoms with Crippen LogP contribution in [0.2, 0.25) is 5.02 Å². The normalized spacial score (nSPS) is 10.1. The van der Waals surface area contributed by atoms with E-state index in [0.29, 0.717) is 23.1 Å². The Bertz CT molecular complexity index is 860. The van der Waals surface area contributed by atoms with E-state index < -0.39 is 11.8 Å². The molecule has 29 heavy (non-hydrogen) atoms. The fourth-order valence-corrected chi connectivity index (χ4v) is 2.46. The molecule has 2 aromatic carbocycles. The summed E-state index contributed by atoms with van der Waals surface area (Å²) in [6, 6.07) is 13.4. The summed E-state index contributed by atoms with van der Waals surface area (Å²) in [6.45, 7) is 0.663. The van der Waals surface area contributed by atoms with E-state index >= 15 is 0 Å². The molecule has 0 bridgehead atoms. The fourth-order valence-electron chi connectivity index (χ4n) is 2.27. The lowest BCUT2D eigenvalue weighted by atomic mass is 10.2. The molecule has 0 saturated carbocycles. The van der Waals surface area contributed by atoms with Crippen LogP contribution in [0.1, 0.15) is 23.2 Å². The van der Waals surface area contributed by atoms with Crippen LogP contribution in [0.4, 0.5) is 5.69 Å². The minimum Gasteiger partial charge on any atom is -0.490 e. The van der Waals surface area contributed by atoms with Gasteiger partial charge in [0.25, 0.3) is 5.91 Å². The molecule has 3 N–H and O–H groups in total. The third kappa shape index (κ3) is 7.44. The van der Waals surface area contributed by atoms with Crippen molar-refractivity contribution in [2.45, 2.75) is 12.8 Å². The minimum atomic E-state index is -0.535. The van der Waals surface area contributed by atoms with Crippen molar-refractivity contribution >= 4 is 35.0 Å². The smallest absolute Gasteiger partial charge is 0.273 e. The van der Waals surface area contributed by atoms with Gasteiger partial charge in [-0.15, -0.1) is 0 Å². The molecule has 0 unspecified atom stereocenters. The average molecular weight is 420 g/mol. The number of methoxy groups -OCH3 is 1. The quantitative estimate of drug-likeness (QED) is 0.428. The number of benzene rings is 2. The zero-order chi connectivity index (χ0) is 21.1. The summed E-state index contributed by atoms with van der Waals surface area (Å²) < 4.78 is 10.4. The molecule has 3 amide bonds. The molecule has 0 saturated heterocycles. The highest BCUT2D eigenvalue weighted by Crippen LogP contribution is 2.20. The maximum Gasteiger partial charge on any atom is 0.273 e. The first kappa shape index (κ1) is 22.2. The molecule has 9 heteroatoms. The zero-order valence-electron chi connectivity index (χ0n) is 15.9. The van der Waals surface area contributed by atoms with Gasteiger partial charge >= 0.3 is 0 Å². The van der Waals surface area contributed by atoms with Crippen LogP contribution in [-0.4, -0.2) is 38.0 Å². The molecule has 0 aliphatic heterocycles. The Hall–Kier alpha value is -3.10. The van der Waals surface area contributed by atoms with Crippen molar-refractivity contribution in [2.75, 3.05) is 25.6 Å². The summed E-state index contributed by atoms with van der Waals surface area (Å²) in [5, 5.41) is 3.03. The molecule has 2 aromatic rings. The van der Waals surface area contributed by atoms with Crippen LogP contribution in [0.5, 0.6) is 5.75 Å². The number of anilines is 1. The average Bonchev–Trinajstić information content (AvgIpc) is 2.72. The summed E-state index contributed by atoms with van der Waals surface area (Å²) in [5.74, 6) is -1.04. The van der Waals surface area contributed by atoms with Gasteiger partial charge in [0.05, 0.1) is 22.9 Å². The van der Waals surface area contributed by atoms with E-state index in [2.05, 4.69) is 16.2 Å². The first-order valence-electron chi connectivity index (χ1n) is 8.85. The largest absolute Gasteiger partial charge is 0.490 e. The number of ether oxygens (including phenoxy) is 2. The predicted molar refractivity (Wildman–Crippen MR) is 109 cm³/mol. The van der Waals surface area contributed by atoms with Gasteiger partial charge in [0, 0.05) is 20.0 Å². The number of hydrogen-bond donors (Lipinski definition) is 3. The summed E-state index contributed by atoms with van der Waals surface area (Å²) in [7, 11) is 1.55. The van der Waals surface area contributed by atoms with Crippen LogP contribution in [-0.2, 0) is 14.3 Å². The molecular formula is C20H22ClN3O5. The summed E-state index contributed by atoms with van der Waals surface area (Å²) in [5.41, 5.74) is 5.33. The van der Waals surface area contributed by atoms with Crippen LogP contribution in [0, 0.1) is 0 Å². The molecular weight excluding hydrogens is 398 g/mol. The van der Waals surface area contributed by atoms with E-state index in [-0.39, 0.29) is 30.9 Å². The number of nitrogens with one attached hydrogen (secondary N) is 3. The highest BCUT2D eigenvalue weighted by atomic mass is 35.5. The molecule has 2 rings (SSSR count). The van der Waals surface area contributed by atoms with Crippen molar-refractivity contribution in [1.29, 1.82) is 0 Å². The summed E-state index contributed by atoms with van der Waals surface area (Å²) >= 11 is 5.97. The Morgan fingerprint density at radius 2 is 1.59 bits per heavy atom. The molecule has 0 aliphatic rings. The third-order valence-electron chi connectivity index (χ3n) is 3.72. The summed E-state index contributed by atoms with van der Waals surface area (Å²) in [6.07, 6.45) is -0.174. The van der Waals surface area contributed by atoms with Crippen LogP contribution < -0.4 is 20.9 Å². The van der Waals surface area contributed by atoms with Gasteiger partial charge in [-0.3, -0.25) is 25.2 Å². The number of rotatable bonds is 9. The van der Waals surface area contributed by atoms with Gasteiger partial charge in [-0.05, 0) is 24.3 Å². The topological polar surface area (TPSA) is 106 Å². The van der Waals surface area contributed by atoms with Gasteiger partial charge in [0.15, 0.2) is 0 Å². The first-order valence-corrected chi connectivity index (χ1v) is 9.23. The van der Waals surface area contributed by atoms with Gasteiger partial charge < -0.3 is 14.8 Å². The lowest BCUT2D eigenvalue weighted by molar-refractivity contribution is -0.124. The minimum absolute atomic E-state index is 0.0658. The number of hydrazine groups is 1. The SMILES string of the molecule is COCCOc1ccccc1C(=O)NNC(=O)CCC(=O)Nc1ccccc1Cl. The molecule has 0 aliphatic carbocycles. The number of carbonyl (C=O) groups excluding carboxylic acids is 3. The number of halogens is 1. The van der Waals surface area contributed by atoms with E-state index in [9.17, 15) is 14.4 Å². The van der Waals surface area contributed by atoms with Crippen LogP contribution in [0.15, 0.2) is 48.5 Å².